The van der Waals surface area contributed by atoms with Crippen molar-refractivity contribution in [3.05, 3.63) is 0 Å². The van der Waals surface area contributed by atoms with Crippen molar-refractivity contribution in [1.82, 2.24) is 0 Å². The van der Waals surface area contributed by atoms with E-state index in [1.165, 1.54) is 6.92 Å². The van der Waals surface area contributed by atoms with Crippen LogP contribution >= 0.6 is 0 Å². The molecule has 0 aliphatic heterocycles. The van der Waals surface area contributed by atoms with Gasteiger partial charge in [0.05, 0.1) is 17.3 Å². The Morgan fingerprint density at radius 1 is 0.833 bits per heavy atom. The maximum absolute atomic E-state index is 12.1. The number of hydrogen-bond donors (Lipinski definition) is 0. The number of esters is 2. The zero-order valence-electron chi connectivity index (χ0n) is 12.2. The fourth-order valence-corrected chi connectivity index (χ4v) is 0.754. The number of hydrogen-bond acceptors (Lipinski definition) is 4. The van der Waals surface area contributed by atoms with E-state index in [0.717, 1.165) is 0 Å². The highest BCUT2D eigenvalue weighted by atomic mass is 16.8. The van der Waals surface area contributed by atoms with Crippen LogP contribution in [-0.2, 0) is 24.2 Å². The van der Waals surface area contributed by atoms with Crippen LogP contribution in [-0.4, -0.2) is 17.9 Å². The zero-order chi connectivity index (χ0) is 14.8. The topological polar surface area (TPSA) is 72.5 Å². The SMILES string of the molecule is CCC([O])(OC(=O)C(C)(C)C)OC(=O)C(C)(C)C. The second-order valence-electron chi connectivity index (χ2n) is 6.32. The fraction of sp³-hybridized carbons (Fsp3) is 0.846. The second-order valence-corrected chi connectivity index (χ2v) is 6.32. The summed E-state index contributed by atoms with van der Waals surface area (Å²) in [6.07, 6.45) is -0.142. The van der Waals surface area contributed by atoms with E-state index in [4.69, 9.17) is 9.47 Å². The summed E-state index contributed by atoms with van der Waals surface area (Å²) in [5.41, 5.74) is -1.64. The number of carbonyl (C=O) groups excluding carboxylic acids is 2. The van der Waals surface area contributed by atoms with Crippen molar-refractivity contribution in [2.75, 3.05) is 0 Å². The van der Waals surface area contributed by atoms with E-state index in [-0.39, 0.29) is 6.42 Å². The van der Waals surface area contributed by atoms with Crippen LogP contribution in [0.25, 0.3) is 0 Å². The lowest BCUT2D eigenvalue weighted by atomic mass is 9.97. The van der Waals surface area contributed by atoms with E-state index in [1.807, 2.05) is 0 Å². The molecule has 105 valence electrons. The van der Waals surface area contributed by atoms with E-state index in [1.54, 1.807) is 41.5 Å². The van der Waals surface area contributed by atoms with Crippen molar-refractivity contribution in [3.63, 3.8) is 0 Å². The van der Waals surface area contributed by atoms with Gasteiger partial charge in [0.2, 0.25) is 0 Å². The van der Waals surface area contributed by atoms with E-state index in [0.29, 0.717) is 0 Å². The predicted octanol–water partition coefficient (Wildman–Crippen LogP) is 2.66. The Hall–Kier alpha value is -1.10. The Morgan fingerprint density at radius 2 is 1.11 bits per heavy atom. The van der Waals surface area contributed by atoms with Crippen molar-refractivity contribution in [2.45, 2.75) is 60.9 Å². The zero-order valence-corrected chi connectivity index (χ0v) is 12.2. The molecule has 0 fully saturated rings. The lowest BCUT2D eigenvalue weighted by Gasteiger charge is -2.29. The van der Waals surface area contributed by atoms with Gasteiger partial charge in [-0.1, -0.05) is 6.92 Å². The van der Waals surface area contributed by atoms with Crippen LogP contribution in [0.3, 0.4) is 0 Å². The Bertz CT molecular complexity index is 291. The van der Waals surface area contributed by atoms with Crippen LogP contribution in [0.2, 0.25) is 0 Å². The third kappa shape index (κ3) is 5.04. The number of ether oxygens (including phenoxy) is 2. The molecule has 5 heteroatoms. The van der Waals surface area contributed by atoms with Crippen molar-refractivity contribution >= 4 is 11.9 Å². The quantitative estimate of drug-likeness (QED) is 0.577. The minimum Gasteiger partial charge on any atom is -0.396 e. The molecule has 0 spiro atoms. The average molecular weight is 259 g/mol. The maximum Gasteiger partial charge on any atom is 0.402 e. The molecule has 0 bridgehead atoms. The molecule has 18 heavy (non-hydrogen) atoms. The van der Waals surface area contributed by atoms with Gasteiger partial charge in [-0.25, -0.2) is 0 Å². The molecular formula is C13H23O5. The number of rotatable bonds is 3. The molecule has 0 aliphatic carbocycles. The van der Waals surface area contributed by atoms with Gasteiger partial charge in [-0.15, -0.1) is 5.11 Å². The van der Waals surface area contributed by atoms with Crippen LogP contribution < -0.4 is 0 Å². The average Bonchev–Trinajstić information content (AvgIpc) is 2.14. The molecular weight excluding hydrogens is 236 g/mol. The van der Waals surface area contributed by atoms with Gasteiger partial charge in [0.25, 0.3) is 0 Å². The molecule has 0 atom stereocenters. The Kier molecular flexibility index (Phi) is 4.94. The summed E-state index contributed by atoms with van der Waals surface area (Å²) in [7, 11) is 0. The van der Waals surface area contributed by atoms with E-state index >= 15 is 0 Å². The van der Waals surface area contributed by atoms with Crippen LogP contribution in [0.1, 0.15) is 54.9 Å². The minimum absolute atomic E-state index is 0.142. The molecule has 5 nitrogen and oxygen atoms in total. The van der Waals surface area contributed by atoms with Crippen LogP contribution in [0, 0.1) is 10.8 Å². The van der Waals surface area contributed by atoms with Gasteiger partial charge >= 0.3 is 17.9 Å². The van der Waals surface area contributed by atoms with Crippen LogP contribution in [0.5, 0.6) is 0 Å². The molecule has 0 saturated heterocycles. The van der Waals surface area contributed by atoms with Gasteiger partial charge in [0.1, 0.15) is 0 Å². The molecule has 0 saturated carbocycles. The van der Waals surface area contributed by atoms with Crippen molar-refractivity contribution < 1.29 is 24.2 Å². The van der Waals surface area contributed by atoms with Crippen LogP contribution in [0.15, 0.2) is 0 Å². The molecule has 1 radical (unpaired) electrons. The first kappa shape index (κ1) is 16.9. The summed E-state index contributed by atoms with van der Waals surface area (Å²) in [6, 6.07) is 0. The molecule has 0 aliphatic rings. The van der Waals surface area contributed by atoms with Gasteiger partial charge < -0.3 is 9.47 Å². The Labute approximate surface area is 108 Å². The first-order chi connectivity index (χ1) is 7.82. The first-order valence-corrected chi connectivity index (χ1v) is 5.99. The van der Waals surface area contributed by atoms with Crippen molar-refractivity contribution in [1.29, 1.82) is 0 Å². The monoisotopic (exact) mass is 259 g/mol. The molecule has 0 amide bonds. The van der Waals surface area contributed by atoms with E-state index in [9.17, 15) is 14.7 Å². The maximum atomic E-state index is 12.1. The predicted molar refractivity (Wildman–Crippen MR) is 64.8 cm³/mol. The molecule has 0 rings (SSSR count). The first-order valence-electron chi connectivity index (χ1n) is 5.99. The second kappa shape index (κ2) is 5.26. The van der Waals surface area contributed by atoms with Gasteiger partial charge in [-0.05, 0) is 41.5 Å². The highest BCUT2D eigenvalue weighted by Crippen LogP contribution is 2.26. The summed E-state index contributed by atoms with van der Waals surface area (Å²) in [6.45, 7) is 11.2. The molecule has 0 heterocycles. The fourth-order valence-electron chi connectivity index (χ4n) is 0.754. The Balaban J connectivity index is 4.84. The molecule has 0 aromatic rings. The van der Waals surface area contributed by atoms with E-state index < -0.39 is 28.7 Å². The van der Waals surface area contributed by atoms with Gasteiger partial charge in [0, 0.05) is 0 Å². The van der Waals surface area contributed by atoms with Crippen molar-refractivity contribution in [3.8, 4) is 0 Å². The molecule has 0 aromatic heterocycles. The summed E-state index contributed by atoms with van der Waals surface area (Å²) in [4.78, 5) is 23.3. The number of carbonyl (C=O) groups is 2. The lowest BCUT2D eigenvalue weighted by Crippen LogP contribution is -2.43. The molecule has 0 aromatic carbocycles. The standard InChI is InChI=1S/C13H23O5/c1-8-13(16,17-9(14)11(2,3)4)18-10(15)12(5,6)7/h8H2,1-7H3. The lowest BCUT2D eigenvalue weighted by molar-refractivity contribution is -0.358. The van der Waals surface area contributed by atoms with Gasteiger partial charge in [0.15, 0.2) is 0 Å². The summed E-state index contributed by atoms with van der Waals surface area (Å²) in [5, 5.41) is 12.1. The van der Waals surface area contributed by atoms with Crippen molar-refractivity contribution in [2.24, 2.45) is 10.8 Å². The van der Waals surface area contributed by atoms with Gasteiger partial charge in [-0.2, -0.15) is 0 Å². The Morgan fingerprint density at radius 3 is 1.28 bits per heavy atom. The molecule has 0 unspecified atom stereocenters. The highest BCUT2D eigenvalue weighted by molar-refractivity contribution is 5.77. The summed E-state index contributed by atoms with van der Waals surface area (Å²) in [5.74, 6) is -3.84. The third-order valence-corrected chi connectivity index (χ3v) is 2.15. The largest absolute Gasteiger partial charge is 0.402 e. The van der Waals surface area contributed by atoms with Gasteiger partial charge in [-0.3, -0.25) is 9.59 Å². The normalized spacial score (nSPS) is 13.1. The molecule has 0 N–H and O–H groups in total. The summed E-state index contributed by atoms with van der Waals surface area (Å²) < 4.78 is 9.56. The minimum atomic E-state index is -2.45. The van der Waals surface area contributed by atoms with Crippen LogP contribution in [0.4, 0.5) is 0 Å². The highest BCUT2D eigenvalue weighted by Gasteiger charge is 2.42. The third-order valence-electron chi connectivity index (χ3n) is 2.15. The summed E-state index contributed by atoms with van der Waals surface area (Å²) >= 11 is 0. The smallest absolute Gasteiger partial charge is 0.396 e. The van der Waals surface area contributed by atoms with E-state index in [2.05, 4.69) is 0 Å².